The van der Waals surface area contributed by atoms with Gasteiger partial charge in [-0.25, -0.2) is 4.98 Å². The molecule has 4 heteroatoms. The standard InChI is InChI=1S/C13H19BrN2O/c1-13(2)4-3-5-16(9-13)12-10(8-17)6-11(14)7-15-12/h6-7,17H,3-5,8-9H2,1-2H3. The number of nitrogens with zero attached hydrogens (tertiary/aromatic N) is 2. The summed E-state index contributed by atoms with van der Waals surface area (Å²) in [5, 5.41) is 9.42. The van der Waals surface area contributed by atoms with Crippen molar-refractivity contribution in [1.29, 1.82) is 0 Å². The Morgan fingerprint density at radius 3 is 2.94 bits per heavy atom. The number of rotatable bonds is 2. The molecule has 0 aliphatic carbocycles. The summed E-state index contributed by atoms with van der Waals surface area (Å²) in [6.45, 7) is 6.66. The van der Waals surface area contributed by atoms with E-state index in [9.17, 15) is 5.11 Å². The van der Waals surface area contributed by atoms with Gasteiger partial charge in [0.15, 0.2) is 0 Å². The van der Waals surface area contributed by atoms with Crippen LogP contribution in [0.4, 0.5) is 5.82 Å². The molecular weight excluding hydrogens is 280 g/mol. The SMILES string of the molecule is CC1(C)CCCN(c2ncc(Br)cc2CO)C1. The average Bonchev–Trinajstić information content (AvgIpc) is 2.27. The van der Waals surface area contributed by atoms with Gasteiger partial charge in [-0.1, -0.05) is 13.8 Å². The third kappa shape index (κ3) is 2.99. The molecule has 0 unspecified atom stereocenters. The van der Waals surface area contributed by atoms with E-state index in [0.717, 1.165) is 28.9 Å². The minimum atomic E-state index is 0.0404. The lowest BCUT2D eigenvalue weighted by Gasteiger charge is -2.39. The van der Waals surface area contributed by atoms with Crippen molar-refractivity contribution in [3.05, 3.63) is 22.3 Å². The Hall–Kier alpha value is -0.610. The smallest absolute Gasteiger partial charge is 0.134 e. The molecule has 0 spiro atoms. The van der Waals surface area contributed by atoms with E-state index in [2.05, 4.69) is 39.7 Å². The third-order valence-electron chi connectivity index (χ3n) is 3.28. The number of hydrogen-bond donors (Lipinski definition) is 1. The number of aliphatic hydroxyl groups excluding tert-OH is 1. The lowest BCUT2D eigenvalue weighted by atomic mass is 9.84. The van der Waals surface area contributed by atoms with Gasteiger partial charge in [-0.2, -0.15) is 0 Å². The first-order chi connectivity index (χ1) is 8.02. The topological polar surface area (TPSA) is 36.4 Å². The molecule has 2 heterocycles. The van der Waals surface area contributed by atoms with Crippen molar-refractivity contribution in [2.24, 2.45) is 5.41 Å². The lowest BCUT2D eigenvalue weighted by Crippen LogP contribution is -2.41. The number of pyridine rings is 1. The summed E-state index contributed by atoms with van der Waals surface area (Å²) in [6, 6.07) is 1.95. The van der Waals surface area contributed by atoms with Gasteiger partial charge in [0, 0.05) is 29.3 Å². The van der Waals surface area contributed by atoms with Crippen LogP contribution >= 0.6 is 15.9 Å². The van der Waals surface area contributed by atoms with Gasteiger partial charge in [0.05, 0.1) is 6.61 Å². The minimum absolute atomic E-state index is 0.0404. The fraction of sp³-hybridized carbons (Fsp3) is 0.615. The molecule has 0 atom stereocenters. The number of halogens is 1. The van der Waals surface area contributed by atoms with Gasteiger partial charge in [-0.05, 0) is 40.3 Å². The summed E-state index contributed by atoms with van der Waals surface area (Å²) in [5.74, 6) is 0.934. The van der Waals surface area contributed by atoms with Gasteiger partial charge >= 0.3 is 0 Å². The van der Waals surface area contributed by atoms with E-state index < -0.39 is 0 Å². The van der Waals surface area contributed by atoms with Crippen LogP contribution in [0.3, 0.4) is 0 Å². The van der Waals surface area contributed by atoms with E-state index >= 15 is 0 Å². The Kier molecular flexibility index (Phi) is 3.73. The van der Waals surface area contributed by atoms with Gasteiger partial charge in [0.25, 0.3) is 0 Å². The normalized spacial score (nSPS) is 19.4. The number of hydrogen-bond acceptors (Lipinski definition) is 3. The number of anilines is 1. The summed E-state index contributed by atoms with van der Waals surface area (Å²) in [4.78, 5) is 6.75. The largest absolute Gasteiger partial charge is 0.392 e. The number of aliphatic hydroxyl groups is 1. The highest BCUT2D eigenvalue weighted by Crippen LogP contribution is 2.32. The highest BCUT2D eigenvalue weighted by Gasteiger charge is 2.28. The van der Waals surface area contributed by atoms with Crippen molar-refractivity contribution in [3.8, 4) is 0 Å². The summed E-state index contributed by atoms with van der Waals surface area (Å²) in [5.41, 5.74) is 1.23. The summed E-state index contributed by atoms with van der Waals surface area (Å²) >= 11 is 3.39. The summed E-state index contributed by atoms with van der Waals surface area (Å²) < 4.78 is 0.918. The van der Waals surface area contributed by atoms with Crippen LogP contribution in [0.15, 0.2) is 16.7 Å². The second kappa shape index (κ2) is 4.94. The van der Waals surface area contributed by atoms with Gasteiger partial charge in [0.1, 0.15) is 5.82 Å². The van der Waals surface area contributed by atoms with Crippen molar-refractivity contribution < 1.29 is 5.11 Å². The van der Waals surface area contributed by atoms with Crippen LogP contribution in [-0.4, -0.2) is 23.2 Å². The van der Waals surface area contributed by atoms with Crippen LogP contribution < -0.4 is 4.90 Å². The lowest BCUT2D eigenvalue weighted by molar-refractivity contribution is 0.275. The first kappa shape index (κ1) is 12.8. The highest BCUT2D eigenvalue weighted by atomic mass is 79.9. The molecule has 0 aromatic carbocycles. The maximum absolute atomic E-state index is 9.42. The Morgan fingerprint density at radius 1 is 1.53 bits per heavy atom. The van der Waals surface area contributed by atoms with E-state index in [1.54, 1.807) is 6.20 Å². The van der Waals surface area contributed by atoms with Crippen molar-refractivity contribution in [2.45, 2.75) is 33.3 Å². The first-order valence-corrected chi connectivity index (χ1v) is 6.81. The zero-order chi connectivity index (χ0) is 12.5. The van der Waals surface area contributed by atoms with Crippen molar-refractivity contribution in [3.63, 3.8) is 0 Å². The quantitative estimate of drug-likeness (QED) is 0.912. The van der Waals surface area contributed by atoms with E-state index in [1.165, 1.54) is 12.8 Å². The number of aromatic nitrogens is 1. The molecule has 1 N–H and O–H groups in total. The Balaban J connectivity index is 2.27. The molecule has 0 radical (unpaired) electrons. The van der Waals surface area contributed by atoms with Crippen molar-refractivity contribution >= 4 is 21.7 Å². The molecule has 0 saturated carbocycles. The van der Waals surface area contributed by atoms with Crippen molar-refractivity contribution in [2.75, 3.05) is 18.0 Å². The monoisotopic (exact) mass is 298 g/mol. The van der Waals surface area contributed by atoms with Crippen molar-refractivity contribution in [1.82, 2.24) is 4.98 Å². The summed E-state index contributed by atoms with van der Waals surface area (Å²) in [6.07, 6.45) is 4.25. The average molecular weight is 299 g/mol. The molecule has 1 aliphatic heterocycles. The molecule has 1 fully saturated rings. The van der Waals surface area contributed by atoms with Crippen LogP contribution in [0.25, 0.3) is 0 Å². The molecule has 2 rings (SSSR count). The fourth-order valence-corrected chi connectivity index (χ4v) is 2.86. The van der Waals surface area contributed by atoms with Crippen LogP contribution in [0.5, 0.6) is 0 Å². The Morgan fingerprint density at radius 2 is 2.29 bits per heavy atom. The molecule has 1 aromatic heterocycles. The number of piperidine rings is 1. The molecule has 94 valence electrons. The van der Waals surface area contributed by atoms with E-state index in [0.29, 0.717) is 5.41 Å². The first-order valence-electron chi connectivity index (χ1n) is 6.02. The van der Waals surface area contributed by atoms with Crippen LogP contribution in [0.1, 0.15) is 32.3 Å². The van der Waals surface area contributed by atoms with E-state index in [-0.39, 0.29) is 6.61 Å². The predicted molar refractivity (Wildman–Crippen MR) is 73.1 cm³/mol. The second-order valence-corrected chi connectivity index (χ2v) is 6.40. The molecule has 0 bridgehead atoms. The molecule has 3 nitrogen and oxygen atoms in total. The van der Waals surface area contributed by atoms with Crippen LogP contribution in [-0.2, 0) is 6.61 Å². The summed E-state index contributed by atoms with van der Waals surface area (Å²) in [7, 11) is 0. The van der Waals surface area contributed by atoms with Crippen LogP contribution in [0.2, 0.25) is 0 Å². The van der Waals surface area contributed by atoms with Crippen LogP contribution in [0, 0.1) is 5.41 Å². The fourth-order valence-electron chi connectivity index (χ4n) is 2.48. The van der Waals surface area contributed by atoms with Gasteiger partial charge in [-0.15, -0.1) is 0 Å². The maximum Gasteiger partial charge on any atom is 0.134 e. The second-order valence-electron chi connectivity index (χ2n) is 5.48. The zero-order valence-electron chi connectivity index (χ0n) is 10.4. The van der Waals surface area contributed by atoms with E-state index in [4.69, 9.17) is 0 Å². The predicted octanol–water partition coefficient (Wildman–Crippen LogP) is 2.96. The highest BCUT2D eigenvalue weighted by molar-refractivity contribution is 9.10. The minimum Gasteiger partial charge on any atom is -0.392 e. The Labute approximate surface area is 111 Å². The van der Waals surface area contributed by atoms with E-state index in [1.807, 2.05) is 6.07 Å². The third-order valence-corrected chi connectivity index (χ3v) is 3.71. The Bertz CT molecular complexity index is 406. The zero-order valence-corrected chi connectivity index (χ0v) is 12.0. The molecule has 1 saturated heterocycles. The molecular formula is C13H19BrN2O. The molecule has 0 amide bonds. The van der Waals surface area contributed by atoms with Gasteiger partial charge < -0.3 is 10.0 Å². The molecule has 1 aromatic rings. The van der Waals surface area contributed by atoms with Gasteiger partial charge in [-0.3, -0.25) is 0 Å². The van der Waals surface area contributed by atoms with Gasteiger partial charge in [0.2, 0.25) is 0 Å². The molecule has 17 heavy (non-hydrogen) atoms. The molecule has 1 aliphatic rings. The maximum atomic E-state index is 9.42.